The van der Waals surface area contributed by atoms with Gasteiger partial charge in [-0.3, -0.25) is 4.79 Å². The van der Waals surface area contributed by atoms with E-state index in [9.17, 15) is 9.90 Å². The summed E-state index contributed by atoms with van der Waals surface area (Å²) >= 11 is 0. The Hall–Kier alpha value is -1.08. The van der Waals surface area contributed by atoms with Gasteiger partial charge in [0, 0.05) is 36.2 Å². The van der Waals surface area contributed by atoms with E-state index in [4.69, 9.17) is 4.74 Å². The first kappa shape index (κ1) is 17.7. The molecule has 1 aromatic carbocycles. The number of ether oxygens (including phenoxy) is 1. The van der Waals surface area contributed by atoms with Crippen molar-refractivity contribution in [2.45, 2.75) is 30.7 Å². The van der Waals surface area contributed by atoms with E-state index in [0.717, 1.165) is 29.4 Å². The maximum Gasteiger partial charge on any atom is 0.161 e. The Balaban J connectivity index is 0.00000169. The molecule has 3 aliphatic rings. The summed E-state index contributed by atoms with van der Waals surface area (Å²) in [7, 11) is 6.15. The van der Waals surface area contributed by atoms with Gasteiger partial charge >= 0.3 is 0 Å². The smallest absolute Gasteiger partial charge is 0.161 e. The van der Waals surface area contributed by atoms with E-state index in [1.54, 1.807) is 13.2 Å². The van der Waals surface area contributed by atoms with Crippen LogP contribution in [0.15, 0.2) is 24.3 Å². The fourth-order valence-corrected chi connectivity index (χ4v) is 5.21. The van der Waals surface area contributed by atoms with Crippen molar-refractivity contribution in [2.24, 2.45) is 5.92 Å². The number of benzene rings is 1. The lowest BCUT2D eigenvalue weighted by Gasteiger charge is -2.58. The highest BCUT2D eigenvalue weighted by molar-refractivity contribution is 5.92. The molecule has 0 radical (unpaired) electrons. The van der Waals surface area contributed by atoms with Crippen LogP contribution in [0.25, 0.3) is 0 Å². The van der Waals surface area contributed by atoms with Crippen molar-refractivity contribution in [3.8, 4) is 11.5 Å². The fourth-order valence-electron chi connectivity index (χ4n) is 5.21. The Morgan fingerprint density at radius 1 is 1.33 bits per heavy atom. The molecule has 3 atom stereocenters. The maximum atomic E-state index is 12.2. The van der Waals surface area contributed by atoms with Gasteiger partial charge in [-0.25, -0.2) is 0 Å². The molecule has 130 valence electrons. The molecule has 0 unspecified atom stereocenters. The lowest BCUT2D eigenvalue weighted by Crippen LogP contribution is -3.00. The lowest BCUT2D eigenvalue weighted by atomic mass is 9.53. The number of halogens is 1. The first-order valence-corrected chi connectivity index (χ1v) is 8.32. The Morgan fingerprint density at radius 2 is 2.08 bits per heavy atom. The van der Waals surface area contributed by atoms with Gasteiger partial charge in [0.15, 0.2) is 17.3 Å². The molecule has 0 spiro atoms. The Labute approximate surface area is 160 Å². The van der Waals surface area contributed by atoms with Crippen LogP contribution in [0.3, 0.4) is 0 Å². The zero-order valence-electron chi connectivity index (χ0n) is 14.4. The zero-order valence-corrected chi connectivity index (χ0v) is 16.5. The SMILES string of the molecule is COc1ccc2c(c1O)[C@]13CC[N+](C)(C)[C@H](C2)[C@@H]1C=CC(=O)C3.[I-]. The third-order valence-corrected chi connectivity index (χ3v) is 6.44. The van der Waals surface area contributed by atoms with Gasteiger partial charge in [-0.05, 0) is 17.7 Å². The second kappa shape index (κ2) is 5.73. The molecule has 1 N–H and O–H groups in total. The number of methoxy groups -OCH3 is 1. The molecular formula is C19H24INO3. The number of phenols is 1. The van der Waals surface area contributed by atoms with Crippen molar-refractivity contribution in [3.05, 3.63) is 35.4 Å². The molecule has 4 nitrogen and oxygen atoms in total. The van der Waals surface area contributed by atoms with E-state index in [1.165, 1.54) is 5.56 Å². The molecule has 1 heterocycles. The third-order valence-electron chi connectivity index (χ3n) is 6.44. The number of piperidine rings is 1. The Kier molecular flexibility index (Phi) is 4.23. The van der Waals surface area contributed by atoms with Gasteiger partial charge < -0.3 is 38.3 Å². The predicted molar refractivity (Wildman–Crippen MR) is 87.7 cm³/mol. The molecule has 1 aliphatic heterocycles. The van der Waals surface area contributed by atoms with Gasteiger partial charge in [0.05, 0.1) is 33.8 Å². The van der Waals surface area contributed by atoms with Crippen molar-refractivity contribution in [2.75, 3.05) is 27.7 Å². The summed E-state index contributed by atoms with van der Waals surface area (Å²) in [6.45, 7) is 1.03. The molecule has 24 heavy (non-hydrogen) atoms. The average Bonchev–Trinajstić information content (AvgIpc) is 2.51. The maximum absolute atomic E-state index is 12.2. The quantitative estimate of drug-likeness (QED) is 0.459. The standard InChI is InChI=1S/C19H23NO3.HI/c1-20(2)9-8-19-11-13(21)5-6-14(19)15(20)10-12-4-7-16(23-3)18(22)17(12)19;/h4-7,14-15H,8-11H2,1-3H3;1H/t14-,15+,19-;/m0./s1. The fraction of sp³-hybridized carbons (Fsp3) is 0.526. The molecule has 0 saturated carbocycles. The molecule has 2 bridgehead atoms. The topological polar surface area (TPSA) is 46.5 Å². The van der Waals surface area contributed by atoms with Crippen molar-refractivity contribution in [1.82, 2.24) is 0 Å². The number of quaternary nitrogens is 1. The summed E-state index contributed by atoms with van der Waals surface area (Å²) in [6.07, 6.45) is 6.22. The summed E-state index contributed by atoms with van der Waals surface area (Å²) in [4.78, 5) is 12.2. The number of fused-ring (bicyclic) bond motifs is 1. The number of carbonyl (C=O) groups excluding carboxylic acids is 1. The lowest BCUT2D eigenvalue weighted by molar-refractivity contribution is -0.925. The van der Waals surface area contributed by atoms with Crippen LogP contribution in [-0.4, -0.2) is 49.2 Å². The van der Waals surface area contributed by atoms with Crippen molar-refractivity contribution < 1.29 is 43.1 Å². The number of hydrogen-bond acceptors (Lipinski definition) is 3. The summed E-state index contributed by atoms with van der Waals surface area (Å²) in [5, 5.41) is 10.8. The van der Waals surface area contributed by atoms with E-state index in [2.05, 4.69) is 26.2 Å². The molecule has 1 fully saturated rings. The number of aromatic hydroxyl groups is 1. The number of likely N-dealkylation sites (N-methyl/N-ethyl adjacent to an activating group) is 1. The molecule has 2 aliphatic carbocycles. The van der Waals surface area contributed by atoms with Gasteiger partial charge in [0.25, 0.3) is 0 Å². The molecule has 0 aromatic heterocycles. The van der Waals surface area contributed by atoms with E-state index in [-0.39, 0.29) is 40.9 Å². The van der Waals surface area contributed by atoms with Crippen LogP contribution in [0.1, 0.15) is 24.0 Å². The van der Waals surface area contributed by atoms with Gasteiger partial charge in [-0.15, -0.1) is 0 Å². The Morgan fingerprint density at radius 3 is 2.79 bits per heavy atom. The highest BCUT2D eigenvalue weighted by atomic mass is 127. The number of likely N-dealkylation sites (tertiary alicyclic amines) is 1. The molecule has 5 heteroatoms. The normalized spacial score (nSPS) is 32.4. The summed E-state index contributed by atoms with van der Waals surface area (Å²) in [5.41, 5.74) is 1.88. The number of phenolic OH excluding ortho intramolecular Hbond substituents is 1. The van der Waals surface area contributed by atoms with E-state index in [0.29, 0.717) is 24.1 Å². The van der Waals surface area contributed by atoms with Gasteiger partial charge in [-0.2, -0.15) is 0 Å². The monoisotopic (exact) mass is 441 g/mol. The minimum atomic E-state index is -0.267. The van der Waals surface area contributed by atoms with Crippen LogP contribution in [0, 0.1) is 5.92 Å². The van der Waals surface area contributed by atoms with Gasteiger partial charge in [-0.1, -0.05) is 12.1 Å². The van der Waals surface area contributed by atoms with Crippen LogP contribution in [0.4, 0.5) is 0 Å². The minimum absolute atomic E-state index is 0. The molecule has 4 rings (SSSR count). The average molecular weight is 441 g/mol. The number of nitrogens with zero attached hydrogens (tertiary/aromatic N) is 1. The summed E-state index contributed by atoms with van der Waals surface area (Å²) in [6, 6.07) is 4.38. The van der Waals surface area contributed by atoms with Crippen molar-refractivity contribution in [1.29, 1.82) is 0 Å². The van der Waals surface area contributed by atoms with Gasteiger partial charge in [0.2, 0.25) is 0 Å². The number of carbonyl (C=O) groups is 1. The van der Waals surface area contributed by atoms with Crippen LogP contribution < -0.4 is 28.7 Å². The molecule has 0 amide bonds. The first-order chi connectivity index (χ1) is 10.9. The van der Waals surface area contributed by atoms with Crippen LogP contribution in [0.5, 0.6) is 11.5 Å². The highest BCUT2D eigenvalue weighted by Crippen LogP contribution is 2.57. The molecule has 1 aromatic rings. The highest BCUT2D eigenvalue weighted by Gasteiger charge is 2.59. The first-order valence-electron chi connectivity index (χ1n) is 8.32. The summed E-state index contributed by atoms with van der Waals surface area (Å²) < 4.78 is 6.31. The zero-order chi connectivity index (χ0) is 16.4. The number of allylic oxidation sites excluding steroid dienone is 1. The molecular weight excluding hydrogens is 417 g/mol. The largest absolute Gasteiger partial charge is 1.00 e. The third kappa shape index (κ3) is 2.24. The van der Waals surface area contributed by atoms with Crippen LogP contribution in [0.2, 0.25) is 0 Å². The number of hydrogen-bond donors (Lipinski definition) is 1. The van der Waals surface area contributed by atoms with Crippen molar-refractivity contribution in [3.63, 3.8) is 0 Å². The second-order valence-electron chi connectivity index (χ2n) is 7.86. The van der Waals surface area contributed by atoms with Crippen molar-refractivity contribution >= 4 is 5.78 Å². The number of rotatable bonds is 1. The van der Waals surface area contributed by atoms with Crippen LogP contribution in [-0.2, 0) is 16.6 Å². The predicted octanol–water partition coefficient (Wildman–Crippen LogP) is -0.807. The second-order valence-corrected chi connectivity index (χ2v) is 7.86. The van der Waals surface area contributed by atoms with E-state index < -0.39 is 0 Å². The Bertz CT molecular complexity index is 728. The molecule has 1 saturated heterocycles. The van der Waals surface area contributed by atoms with E-state index in [1.807, 2.05) is 6.07 Å². The van der Waals surface area contributed by atoms with Crippen LogP contribution >= 0.6 is 0 Å². The van der Waals surface area contributed by atoms with E-state index >= 15 is 0 Å². The van der Waals surface area contributed by atoms with Gasteiger partial charge in [0.1, 0.15) is 0 Å². The number of ketones is 1. The minimum Gasteiger partial charge on any atom is -1.00 e. The summed E-state index contributed by atoms with van der Waals surface area (Å²) in [5.74, 6) is 1.22.